The predicted octanol–water partition coefficient (Wildman–Crippen LogP) is 3.71. The first kappa shape index (κ1) is 19.2. The van der Waals surface area contributed by atoms with E-state index in [4.69, 9.17) is 4.74 Å². The Hall–Kier alpha value is -3.13. The van der Waals surface area contributed by atoms with E-state index in [1.165, 1.54) is 6.20 Å². The van der Waals surface area contributed by atoms with Crippen molar-refractivity contribution in [2.24, 2.45) is 0 Å². The zero-order chi connectivity index (χ0) is 20.4. The molecule has 8 heteroatoms. The van der Waals surface area contributed by atoms with Crippen LogP contribution in [0.3, 0.4) is 0 Å². The van der Waals surface area contributed by atoms with Gasteiger partial charge in [0.15, 0.2) is 0 Å². The van der Waals surface area contributed by atoms with Gasteiger partial charge in [-0.1, -0.05) is 48.5 Å². The maximum absolute atomic E-state index is 12.3. The highest BCUT2D eigenvalue weighted by atomic mass is 79.9. The third-order valence-corrected chi connectivity index (χ3v) is 5.69. The van der Waals surface area contributed by atoms with E-state index in [1.807, 2.05) is 36.4 Å². The van der Waals surface area contributed by atoms with E-state index >= 15 is 0 Å². The van der Waals surface area contributed by atoms with Gasteiger partial charge in [-0.05, 0) is 38.2 Å². The van der Waals surface area contributed by atoms with Crippen LogP contribution in [0, 0.1) is 0 Å². The van der Waals surface area contributed by atoms with Crippen molar-refractivity contribution >= 4 is 28.0 Å². The van der Waals surface area contributed by atoms with E-state index in [-0.39, 0.29) is 18.9 Å². The van der Waals surface area contributed by atoms with E-state index in [1.54, 1.807) is 0 Å². The van der Waals surface area contributed by atoms with Gasteiger partial charge >= 0.3 is 12.1 Å². The van der Waals surface area contributed by atoms with Crippen LogP contribution in [-0.2, 0) is 16.0 Å². The summed E-state index contributed by atoms with van der Waals surface area (Å²) in [5, 5.41) is 18.4. The Kier molecular flexibility index (Phi) is 5.35. The van der Waals surface area contributed by atoms with Crippen molar-refractivity contribution in [3.05, 3.63) is 76.0 Å². The van der Waals surface area contributed by atoms with E-state index in [0.29, 0.717) is 10.2 Å². The number of nitrogens with zero attached hydrogens (tertiary/aromatic N) is 1. The minimum absolute atomic E-state index is 0.0557. The first-order valence-electron chi connectivity index (χ1n) is 9.06. The van der Waals surface area contributed by atoms with Gasteiger partial charge in [-0.2, -0.15) is 5.10 Å². The lowest BCUT2D eigenvalue weighted by atomic mass is 9.98. The number of nitrogens with one attached hydrogen (secondary N) is 2. The molecule has 7 nitrogen and oxygen atoms in total. The number of carbonyl (C=O) groups is 2. The number of halogens is 1. The van der Waals surface area contributed by atoms with Crippen LogP contribution in [-0.4, -0.2) is 40.0 Å². The molecule has 3 aromatic rings. The van der Waals surface area contributed by atoms with Gasteiger partial charge in [0, 0.05) is 12.3 Å². The number of carboxylic acid groups (broad SMARTS) is 1. The fourth-order valence-corrected chi connectivity index (χ4v) is 3.98. The fourth-order valence-electron chi connectivity index (χ4n) is 3.63. The molecular weight excluding hydrogens is 438 g/mol. The average Bonchev–Trinajstić information content (AvgIpc) is 3.27. The maximum atomic E-state index is 12.3. The molecule has 0 fully saturated rings. The summed E-state index contributed by atoms with van der Waals surface area (Å²) in [5.41, 5.74) is 5.03. The molecule has 2 aromatic carbocycles. The van der Waals surface area contributed by atoms with Crippen LogP contribution in [0.2, 0.25) is 0 Å². The number of amides is 1. The second kappa shape index (κ2) is 8.08. The molecule has 1 aliphatic carbocycles. The summed E-state index contributed by atoms with van der Waals surface area (Å²) < 4.78 is 6.07. The van der Waals surface area contributed by atoms with Crippen molar-refractivity contribution < 1.29 is 19.4 Å². The highest BCUT2D eigenvalue weighted by Crippen LogP contribution is 2.44. The van der Waals surface area contributed by atoms with E-state index < -0.39 is 18.1 Å². The van der Waals surface area contributed by atoms with Gasteiger partial charge in [0.2, 0.25) is 0 Å². The molecular formula is C21H18BrN3O4. The Bertz CT molecular complexity index is 1020. The minimum atomic E-state index is -1.15. The molecule has 1 heterocycles. The normalized spacial score (nSPS) is 13.4. The van der Waals surface area contributed by atoms with Crippen molar-refractivity contribution in [2.75, 3.05) is 6.61 Å². The molecule has 0 aliphatic heterocycles. The average molecular weight is 456 g/mol. The van der Waals surface area contributed by atoms with Crippen LogP contribution >= 0.6 is 15.9 Å². The fraction of sp³-hybridized carbons (Fsp3) is 0.190. The summed E-state index contributed by atoms with van der Waals surface area (Å²) in [4.78, 5) is 23.9. The van der Waals surface area contributed by atoms with Gasteiger partial charge in [-0.25, -0.2) is 9.59 Å². The van der Waals surface area contributed by atoms with Crippen molar-refractivity contribution in [1.82, 2.24) is 15.5 Å². The molecule has 1 aromatic heterocycles. The van der Waals surface area contributed by atoms with Crippen LogP contribution < -0.4 is 5.32 Å². The van der Waals surface area contributed by atoms with Crippen molar-refractivity contribution in [3.63, 3.8) is 0 Å². The zero-order valence-corrected chi connectivity index (χ0v) is 16.8. The van der Waals surface area contributed by atoms with Crippen LogP contribution in [0.5, 0.6) is 0 Å². The van der Waals surface area contributed by atoms with Gasteiger partial charge in [-0.3, -0.25) is 5.10 Å². The summed E-state index contributed by atoms with van der Waals surface area (Å²) in [6, 6.07) is 14.9. The molecule has 0 bridgehead atoms. The summed E-state index contributed by atoms with van der Waals surface area (Å²) in [5.74, 6) is -1.24. The maximum Gasteiger partial charge on any atom is 0.407 e. The number of benzene rings is 2. The summed E-state index contributed by atoms with van der Waals surface area (Å²) in [7, 11) is 0. The monoisotopic (exact) mass is 455 g/mol. The highest BCUT2D eigenvalue weighted by Gasteiger charge is 2.30. The molecule has 0 spiro atoms. The van der Waals surface area contributed by atoms with Crippen LogP contribution in [0.4, 0.5) is 4.79 Å². The molecule has 148 valence electrons. The number of aromatic amines is 1. The third kappa shape index (κ3) is 3.88. The Morgan fingerprint density at radius 2 is 1.76 bits per heavy atom. The number of hydrogen-bond acceptors (Lipinski definition) is 4. The number of H-pyrrole nitrogens is 1. The standard InChI is InChI=1S/C21H18BrN3O4/c22-17-10-23-25-18(17)9-19(20(26)27)24-21(28)29-11-16-14-7-3-1-5-12(14)13-6-2-4-8-15(13)16/h1-8,10,16,19H,9,11H2,(H,23,25)(H,24,28)(H,26,27). The Balaban J connectivity index is 1.44. The lowest BCUT2D eigenvalue weighted by Gasteiger charge is -2.17. The Labute approximate surface area is 175 Å². The van der Waals surface area contributed by atoms with Crippen molar-refractivity contribution in [3.8, 4) is 11.1 Å². The van der Waals surface area contributed by atoms with Crippen molar-refractivity contribution in [2.45, 2.75) is 18.4 Å². The van der Waals surface area contributed by atoms with Gasteiger partial charge in [-0.15, -0.1) is 0 Å². The largest absolute Gasteiger partial charge is 0.480 e. The number of hydrogen-bond donors (Lipinski definition) is 3. The molecule has 0 saturated heterocycles. The van der Waals surface area contributed by atoms with E-state index in [0.717, 1.165) is 22.3 Å². The second-order valence-electron chi connectivity index (χ2n) is 6.76. The molecule has 1 aliphatic rings. The molecule has 1 atom stereocenters. The Morgan fingerprint density at radius 3 is 2.31 bits per heavy atom. The van der Waals surface area contributed by atoms with Crippen LogP contribution in [0.1, 0.15) is 22.7 Å². The molecule has 1 amide bonds. The minimum Gasteiger partial charge on any atom is -0.480 e. The molecule has 4 rings (SSSR count). The number of carboxylic acids is 1. The summed E-state index contributed by atoms with van der Waals surface area (Å²) in [6.45, 7) is 0.125. The number of fused-ring (bicyclic) bond motifs is 3. The first-order chi connectivity index (χ1) is 14.0. The third-order valence-electron chi connectivity index (χ3n) is 5.01. The second-order valence-corrected chi connectivity index (χ2v) is 7.62. The summed E-state index contributed by atoms with van der Waals surface area (Å²) in [6.07, 6.45) is 0.816. The lowest BCUT2D eigenvalue weighted by molar-refractivity contribution is -0.139. The van der Waals surface area contributed by atoms with Gasteiger partial charge in [0.05, 0.1) is 16.4 Å². The topological polar surface area (TPSA) is 104 Å². The SMILES string of the molecule is O=C(NC(Cc1[nH]ncc1Br)C(=O)O)OCC1c2ccccc2-c2ccccc21. The van der Waals surface area contributed by atoms with Crippen molar-refractivity contribution in [1.29, 1.82) is 0 Å². The van der Waals surface area contributed by atoms with E-state index in [9.17, 15) is 14.7 Å². The van der Waals surface area contributed by atoms with Gasteiger partial charge in [0.1, 0.15) is 12.6 Å². The van der Waals surface area contributed by atoms with Gasteiger partial charge in [0.25, 0.3) is 0 Å². The molecule has 0 radical (unpaired) electrons. The van der Waals surface area contributed by atoms with Crippen LogP contribution in [0.25, 0.3) is 11.1 Å². The zero-order valence-electron chi connectivity index (χ0n) is 15.3. The smallest absolute Gasteiger partial charge is 0.407 e. The van der Waals surface area contributed by atoms with Crippen LogP contribution in [0.15, 0.2) is 59.2 Å². The molecule has 29 heavy (non-hydrogen) atoms. The number of carbonyl (C=O) groups excluding carboxylic acids is 1. The molecule has 0 saturated carbocycles. The highest BCUT2D eigenvalue weighted by molar-refractivity contribution is 9.10. The van der Waals surface area contributed by atoms with E-state index in [2.05, 4.69) is 43.6 Å². The number of ether oxygens (including phenoxy) is 1. The number of alkyl carbamates (subject to hydrolysis) is 1. The first-order valence-corrected chi connectivity index (χ1v) is 9.86. The molecule has 3 N–H and O–H groups in total. The number of aromatic nitrogens is 2. The Morgan fingerprint density at radius 1 is 1.14 bits per heavy atom. The quantitative estimate of drug-likeness (QED) is 0.525. The number of rotatable bonds is 6. The lowest BCUT2D eigenvalue weighted by Crippen LogP contribution is -2.43. The summed E-state index contributed by atoms with van der Waals surface area (Å²) >= 11 is 3.29. The number of aliphatic carboxylic acids is 1. The van der Waals surface area contributed by atoms with Gasteiger partial charge < -0.3 is 15.2 Å². The molecule has 1 unspecified atom stereocenters. The predicted molar refractivity (Wildman–Crippen MR) is 110 cm³/mol.